The van der Waals surface area contributed by atoms with Gasteiger partial charge in [0, 0.05) is 31.5 Å². The number of aromatic nitrogens is 1. The van der Waals surface area contributed by atoms with Crippen LogP contribution >= 0.6 is 0 Å². The Labute approximate surface area is 160 Å². The van der Waals surface area contributed by atoms with Crippen molar-refractivity contribution in [1.29, 1.82) is 0 Å². The van der Waals surface area contributed by atoms with Crippen molar-refractivity contribution in [2.75, 3.05) is 39.3 Å². The molecule has 0 unspecified atom stereocenters. The smallest absolute Gasteiger partial charge is 0.340 e. The number of amides is 1. The van der Waals surface area contributed by atoms with Gasteiger partial charge >= 0.3 is 5.97 Å². The topological polar surface area (TPSA) is 85.9 Å². The number of β-amino-alcohol motifs (C(OH)–C–C–N with tert-alkyl or cyclic N) is 1. The first-order valence-electron chi connectivity index (χ1n) is 9.98. The Morgan fingerprint density at radius 1 is 1.22 bits per heavy atom. The molecule has 1 amide bonds. The summed E-state index contributed by atoms with van der Waals surface area (Å²) < 4.78 is 5.10. The van der Waals surface area contributed by atoms with E-state index in [2.05, 4.69) is 9.88 Å². The maximum atomic E-state index is 12.7. The van der Waals surface area contributed by atoms with E-state index in [1.165, 1.54) is 12.8 Å². The normalized spacial score (nSPS) is 20.0. The van der Waals surface area contributed by atoms with Crippen molar-refractivity contribution < 1.29 is 19.4 Å². The number of piperidine rings is 1. The van der Waals surface area contributed by atoms with E-state index in [4.69, 9.17) is 4.74 Å². The molecular formula is C20H31N3O4. The lowest BCUT2D eigenvalue weighted by Gasteiger charge is -2.40. The molecule has 2 saturated heterocycles. The molecule has 0 radical (unpaired) electrons. The fourth-order valence-corrected chi connectivity index (χ4v) is 4.16. The molecule has 0 bridgehead atoms. The van der Waals surface area contributed by atoms with Crippen LogP contribution in [0.3, 0.4) is 0 Å². The van der Waals surface area contributed by atoms with E-state index < -0.39 is 11.6 Å². The molecule has 0 spiro atoms. The summed E-state index contributed by atoms with van der Waals surface area (Å²) in [5.74, 6) is -0.414. The van der Waals surface area contributed by atoms with E-state index in [-0.39, 0.29) is 12.3 Å². The molecular weight excluding hydrogens is 346 g/mol. The predicted molar refractivity (Wildman–Crippen MR) is 102 cm³/mol. The number of aromatic amines is 1. The second-order valence-electron chi connectivity index (χ2n) is 7.81. The van der Waals surface area contributed by atoms with Crippen molar-refractivity contribution in [3.63, 3.8) is 0 Å². The van der Waals surface area contributed by atoms with Gasteiger partial charge < -0.3 is 24.6 Å². The summed E-state index contributed by atoms with van der Waals surface area (Å²) in [4.78, 5) is 32.0. The molecule has 2 N–H and O–H groups in total. The van der Waals surface area contributed by atoms with Gasteiger partial charge in [-0.05, 0) is 58.2 Å². The van der Waals surface area contributed by atoms with E-state index in [0.717, 1.165) is 18.7 Å². The van der Waals surface area contributed by atoms with Crippen LogP contribution in [0.2, 0.25) is 0 Å². The number of hydrogen-bond donors (Lipinski definition) is 2. The second kappa shape index (κ2) is 8.44. The lowest BCUT2D eigenvalue weighted by molar-refractivity contribution is -0.135. The zero-order valence-electron chi connectivity index (χ0n) is 16.4. The Hall–Kier alpha value is -1.86. The monoisotopic (exact) mass is 377 g/mol. The van der Waals surface area contributed by atoms with Crippen LogP contribution in [0.4, 0.5) is 0 Å². The lowest BCUT2D eigenvalue weighted by Crippen LogP contribution is -2.52. The highest BCUT2D eigenvalue weighted by molar-refractivity contribution is 5.94. The molecule has 0 aromatic carbocycles. The standard InChI is InChI=1S/C20H31N3O4/c1-3-27-19(25)18-15(2)13-21-16(18)12-17(24)23-10-6-20(26,7-11-23)14-22-8-4-5-9-22/h13,21,26H,3-12,14H2,1-2H3. The van der Waals surface area contributed by atoms with Crippen molar-refractivity contribution in [3.8, 4) is 0 Å². The van der Waals surface area contributed by atoms with Crippen molar-refractivity contribution in [3.05, 3.63) is 23.0 Å². The molecule has 2 aliphatic heterocycles. The van der Waals surface area contributed by atoms with Crippen LogP contribution < -0.4 is 0 Å². The van der Waals surface area contributed by atoms with E-state index in [1.54, 1.807) is 18.0 Å². The Bertz CT molecular complexity index is 671. The van der Waals surface area contributed by atoms with Gasteiger partial charge in [-0.2, -0.15) is 0 Å². The minimum absolute atomic E-state index is 0.0226. The Kier molecular flexibility index (Phi) is 6.22. The van der Waals surface area contributed by atoms with Crippen LogP contribution in [0.25, 0.3) is 0 Å². The summed E-state index contributed by atoms with van der Waals surface area (Å²) in [5, 5.41) is 10.9. The quantitative estimate of drug-likeness (QED) is 0.734. The summed E-state index contributed by atoms with van der Waals surface area (Å²) in [7, 11) is 0. The van der Waals surface area contributed by atoms with Crippen LogP contribution in [0.5, 0.6) is 0 Å². The first kappa shape index (κ1) is 19.9. The number of nitrogens with zero attached hydrogens (tertiary/aromatic N) is 2. The minimum atomic E-state index is -0.694. The summed E-state index contributed by atoms with van der Waals surface area (Å²) >= 11 is 0. The average Bonchev–Trinajstić information content (AvgIpc) is 3.25. The number of esters is 1. The molecule has 1 aromatic heterocycles. The van der Waals surface area contributed by atoms with E-state index in [1.807, 2.05) is 6.92 Å². The third-order valence-electron chi connectivity index (χ3n) is 5.73. The van der Waals surface area contributed by atoms with Crippen LogP contribution in [0, 0.1) is 6.92 Å². The highest BCUT2D eigenvalue weighted by Gasteiger charge is 2.36. The molecule has 3 rings (SSSR count). The fraction of sp³-hybridized carbons (Fsp3) is 0.700. The number of rotatable bonds is 6. The highest BCUT2D eigenvalue weighted by atomic mass is 16.5. The van der Waals surface area contributed by atoms with Gasteiger partial charge in [-0.1, -0.05) is 0 Å². The van der Waals surface area contributed by atoms with Gasteiger partial charge in [-0.25, -0.2) is 4.79 Å². The number of likely N-dealkylation sites (tertiary alicyclic amines) is 2. The Morgan fingerprint density at radius 3 is 2.52 bits per heavy atom. The van der Waals surface area contributed by atoms with E-state index in [9.17, 15) is 14.7 Å². The zero-order chi connectivity index (χ0) is 19.4. The number of carbonyl (C=O) groups excluding carboxylic acids is 2. The fourth-order valence-electron chi connectivity index (χ4n) is 4.16. The van der Waals surface area contributed by atoms with Crippen LogP contribution in [-0.2, 0) is 16.0 Å². The van der Waals surface area contributed by atoms with Crippen LogP contribution in [-0.4, -0.2) is 76.7 Å². The van der Waals surface area contributed by atoms with Gasteiger partial charge in [0.2, 0.25) is 5.91 Å². The van der Waals surface area contributed by atoms with Crippen LogP contribution in [0.15, 0.2) is 6.20 Å². The lowest BCUT2D eigenvalue weighted by atomic mass is 9.90. The molecule has 0 aliphatic carbocycles. The van der Waals surface area contributed by atoms with Crippen LogP contribution in [0.1, 0.15) is 54.2 Å². The summed E-state index contributed by atoms with van der Waals surface area (Å²) in [5.41, 5.74) is 1.16. The summed E-state index contributed by atoms with van der Waals surface area (Å²) in [6.07, 6.45) is 5.50. The first-order valence-corrected chi connectivity index (χ1v) is 9.98. The van der Waals surface area contributed by atoms with E-state index >= 15 is 0 Å². The SMILES string of the molecule is CCOC(=O)c1c(C)c[nH]c1CC(=O)N1CCC(O)(CN2CCCC2)CC1. The van der Waals surface area contributed by atoms with Gasteiger partial charge in [0.15, 0.2) is 0 Å². The predicted octanol–water partition coefficient (Wildman–Crippen LogP) is 1.49. The van der Waals surface area contributed by atoms with Gasteiger partial charge in [-0.3, -0.25) is 4.79 Å². The number of aliphatic hydroxyl groups is 1. The Balaban J connectivity index is 1.56. The maximum absolute atomic E-state index is 12.7. The molecule has 2 aliphatic rings. The molecule has 7 nitrogen and oxygen atoms in total. The highest BCUT2D eigenvalue weighted by Crippen LogP contribution is 2.26. The van der Waals surface area contributed by atoms with Gasteiger partial charge in [0.05, 0.1) is 24.2 Å². The molecule has 0 atom stereocenters. The molecule has 2 fully saturated rings. The van der Waals surface area contributed by atoms with Gasteiger partial charge in [0.25, 0.3) is 0 Å². The zero-order valence-corrected chi connectivity index (χ0v) is 16.4. The molecule has 3 heterocycles. The largest absolute Gasteiger partial charge is 0.462 e. The molecule has 27 heavy (non-hydrogen) atoms. The van der Waals surface area contributed by atoms with Crippen molar-refractivity contribution >= 4 is 11.9 Å². The molecule has 150 valence electrons. The molecule has 0 saturated carbocycles. The van der Waals surface area contributed by atoms with Crippen molar-refractivity contribution in [1.82, 2.24) is 14.8 Å². The van der Waals surface area contributed by atoms with Crippen molar-refractivity contribution in [2.45, 2.75) is 51.6 Å². The molecule has 7 heteroatoms. The number of carbonyl (C=O) groups is 2. The summed E-state index contributed by atoms with van der Waals surface area (Å²) in [6.45, 7) is 7.84. The van der Waals surface area contributed by atoms with Gasteiger partial charge in [0.1, 0.15) is 0 Å². The van der Waals surface area contributed by atoms with E-state index in [0.29, 0.717) is 50.3 Å². The van der Waals surface area contributed by atoms with Gasteiger partial charge in [-0.15, -0.1) is 0 Å². The van der Waals surface area contributed by atoms with Crippen molar-refractivity contribution in [2.24, 2.45) is 0 Å². The number of H-pyrrole nitrogens is 1. The number of hydrogen-bond acceptors (Lipinski definition) is 5. The minimum Gasteiger partial charge on any atom is -0.462 e. The number of nitrogens with one attached hydrogen (secondary N) is 1. The number of aryl methyl sites for hydroxylation is 1. The third kappa shape index (κ3) is 4.71. The molecule has 1 aromatic rings. The third-order valence-corrected chi connectivity index (χ3v) is 5.73. The average molecular weight is 377 g/mol. The Morgan fingerprint density at radius 2 is 1.89 bits per heavy atom. The second-order valence-corrected chi connectivity index (χ2v) is 7.81. The first-order chi connectivity index (χ1) is 12.9. The number of ether oxygens (including phenoxy) is 1. The maximum Gasteiger partial charge on any atom is 0.340 e. The summed E-state index contributed by atoms with van der Waals surface area (Å²) in [6, 6.07) is 0.